The standard InChI is InChI=1S/C16H23N3O3/c17-8-7-15(22)19-12-5-3-11(4-6-12)10-14(21)16-13(20)2-1-9-18-16/h1-2,9,11-12,20H,3-8,10,17H2,(H,19,22). The minimum Gasteiger partial charge on any atom is -0.506 e. The Morgan fingerprint density at radius 2 is 2.05 bits per heavy atom. The zero-order chi connectivity index (χ0) is 15.9. The van der Waals surface area contributed by atoms with Gasteiger partial charge in [0.15, 0.2) is 5.78 Å². The molecule has 0 atom stereocenters. The summed E-state index contributed by atoms with van der Waals surface area (Å²) >= 11 is 0. The first-order valence-electron chi connectivity index (χ1n) is 7.76. The lowest BCUT2D eigenvalue weighted by Crippen LogP contribution is -2.38. The van der Waals surface area contributed by atoms with Crippen LogP contribution in [-0.4, -0.2) is 34.4 Å². The van der Waals surface area contributed by atoms with Gasteiger partial charge in [0.1, 0.15) is 11.4 Å². The summed E-state index contributed by atoms with van der Waals surface area (Å²) in [6, 6.07) is 3.26. The molecule has 0 saturated heterocycles. The van der Waals surface area contributed by atoms with E-state index in [1.165, 1.54) is 12.3 Å². The van der Waals surface area contributed by atoms with E-state index in [1.54, 1.807) is 6.07 Å². The minimum atomic E-state index is -0.117. The van der Waals surface area contributed by atoms with Crippen molar-refractivity contribution in [2.45, 2.75) is 44.6 Å². The number of nitrogens with two attached hydrogens (primary N) is 1. The monoisotopic (exact) mass is 305 g/mol. The van der Waals surface area contributed by atoms with Gasteiger partial charge in [-0.3, -0.25) is 9.59 Å². The number of nitrogens with one attached hydrogen (secondary N) is 1. The molecular formula is C16H23N3O3. The second-order valence-corrected chi connectivity index (χ2v) is 5.82. The van der Waals surface area contributed by atoms with Crippen molar-refractivity contribution in [1.82, 2.24) is 10.3 Å². The summed E-state index contributed by atoms with van der Waals surface area (Å²) in [6.07, 6.45) is 5.81. The molecule has 0 spiro atoms. The second kappa shape index (κ2) is 7.89. The molecule has 22 heavy (non-hydrogen) atoms. The van der Waals surface area contributed by atoms with Crippen molar-refractivity contribution < 1.29 is 14.7 Å². The Morgan fingerprint density at radius 3 is 2.68 bits per heavy atom. The van der Waals surface area contributed by atoms with Crippen LogP contribution >= 0.6 is 0 Å². The molecule has 1 heterocycles. The number of hydrogen-bond donors (Lipinski definition) is 3. The third kappa shape index (κ3) is 4.53. The molecule has 120 valence electrons. The maximum absolute atomic E-state index is 12.2. The van der Waals surface area contributed by atoms with Gasteiger partial charge >= 0.3 is 0 Å². The van der Waals surface area contributed by atoms with Crippen LogP contribution in [0, 0.1) is 5.92 Å². The molecule has 6 heteroatoms. The zero-order valence-electron chi connectivity index (χ0n) is 12.6. The number of aromatic hydroxyl groups is 1. The van der Waals surface area contributed by atoms with E-state index in [1.807, 2.05) is 0 Å². The number of nitrogens with zero attached hydrogens (tertiary/aromatic N) is 1. The number of carbonyl (C=O) groups is 2. The van der Waals surface area contributed by atoms with E-state index in [2.05, 4.69) is 10.3 Å². The molecule has 0 radical (unpaired) electrons. The van der Waals surface area contributed by atoms with Crippen LogP contribution in [0.2, 0.25) is 0 Å². The van der Waals surface area contributed by atoms with E-state index in [0.717, 1.165) is 25.7 Å². The van der Waals surface area contributed by atoms with Gasteiger partial charge in [-0.25, -0.2) is 4.98 Å². The third-order valence-corrected chi connectivity index (χ3v) is 4.11. The predicted molar refractivity (Wildman–Crippen MR) is 82.4 cm³/mol. The number of amides is 1. The molecule has 0 bridgehead atoms. The average molecular weight is 305 g/mol. The van der Waals surface area contributed by atoms with E-state index in [4.69, 9.17) is 5.73 Å². The molecule has 6 nitrogen and oxygen atoms in total. The van der Waals surface area contributed by atoms with E-state index in [0.29, 0.717) is 19.4 Å². The van der Waals surface area contributed by atoms with Gasteiger partial charge in [-0.2, -0.15) is 0 Å². The van der Waals surface area contributed by atoms with Gasteiger partial charge in [-0.1, -0.05) is 0 Å². The summed E-state index contributed by atoms with van der Waals surface area (Å²) in [5.41, 5.74) is 5.51. The molecule has 1 aromatic heterocycles. The zero-order valence-corrected chi connectivity index (χ0v) is 12.6. The highest BCUT2D eigenvalue weighted by Gasteiger charge is 2.25. The fraction of sp³-hybridized carbons (Fsp3) is 0.562. The summed E-state index contributed by atoms with van der Waals surface area (Å²) in [5.74, 6) is 0.112. The Hall–Kier alpha value is -1.95. The first-order valence-corrected chi connectivity index (χ1v) is 7.76. The second-order valence-electron chi connectivity index (χ2n) is 5.82. The number of pyridine rings is 1. The first kappa shape index (κ1) is 16.4. The van der Waals surface area contributed by atoms with E-state index in [9.17, 15) is 14.7 Å². The fourth-order valence-corrected chi connectivity index (χ4v) is 2.91. The first-order chi connectivity index (χ1) is 10.6. The van der Waals surface area contributed by atoms with Gasteiger partial charge in [0, 0.05) is 31.6 Å². The van der Waals surface area contributed by atoms with Crippen molar-refractivity contribution in [1.29, 1.82) is 0 Å². The van der Waals surface area contributed by atoms with Crippen LogP contribution in [0.15, 0.2) is 18.3 Å². The summed E-state index contributed by atoms with van der Waals surface area (Å²) < 4.78 is 0. The number of Topliss-reactive ketones (excluding diaryl/α,β-unsaturated/α-hetero) is 1. The van der Waals surface area contributed by atoms with E-state index < -0.39 is 0 Å². The maximum atomic E-state index is 12.2. The molecule has 4 N–H and O–H groups in total. The largest absolute Gasteiger partial charge is 0.506 e. The Morgan fingerprint density at radius 1 is 1.32 bits per heavy atom. The normalized spacial score (nSPS) is 21.3. The highest BCUT2D eigenvalue weighted by molar-refractivity contribution is 5.96. The van der Waals surface area contributed by atoms with Crippen LogP contribution < -0.4 is 11.1 Å². The molecule has 1 amide bonds. The number of hydrogen-bond acceptors (Lipinski definition) is 5. The molecule has 0 aliphatic heterocycles. The van der Waals surface area contributed by atoms with Crippen LogP contribution in [0.4, 0.5) is 0 Å². The van der Waals surface area contributed by atoms with Crippen molar-refractivity contribution in [2.75, 3.05) is 6.54 Å². The number of carbonyl (C=O) groups excluding carboxylic acids is 2. The SMILES string of the molecule is NCCC(=O)NC1CCC(CC(=O)c2ncccc2O)CC1. The lowest BCUT2D eigenvalue weighted by atomic mass is 9.82. The van der Waals surface area contributed by atoms with Crippen molar-refractivity contribution >= 4 is 11.7 Å². The summed E-state index contributed by atoms with van der Waals surface area (Å²) in [6.45, 7) is 0.364. The molecule has 1 fully saturated rings. The average Bonchev–Trinajstić information content (AvgIpc) is 2.50. The van der Waals surface area contributed by atoms with Gasteiger partial charge < -0.3 is 16.2 Å². The smallest absolute Gasteiger partial charge is 0.221 e. The van der Waals surface area contributed by atoms with Crippen molar-refractivity contribution in [2.24, 2.45) is 11.7 Å². The van der Waals surface area contributed by atoms with Crippen LogP contribution in [0.3, 0.4) is 0 Å². The van der Waals surface area contributed by atoms with Gasteiger partial charge in [0.2, 0.25) is 5.91 Å². The number of aromatic nitrogens is 1. The van der Waals surface area contributed by atoms with Gasteiger partial charge in [0.25, 0.3) is 0 Å². The molecule has 1 aliphatic carbocycles. The molecule has 0 aromatic carbocycles. The van der Waals surface area contributed by atoms with Gasteiger partial charge in [-0.15, -0.1) is 0 Å². The Labute approximate surface area is 130 Å². The quantitative estimate of drug-likeness (QED) is 0.689. The van der Waals surface area contributed by atoms with Gasteiger partial charge in [-0.05, 0) is 43.7 Å². The minimum absolute atomic E-state index is 0.000402. The molecule has 2 rings (SSSR count). The predicted octanol–water partition coefficient (Wildman–Crippen LogP) is 1.38. The van der Waals surface area contributed by atoms with Crippen LogP contribution in [-0.2, 0) is 4.79 Å². The Bertz CT molecular complexity index is 525. The highest BCUT2D eigenvalue weighted by atomic mass is 16.3. The number of rotatable bonds is 6. The summed E-state index contributed by atoms with van der Waals surface area (Å²) in [7, 11) is 0. The number of ketones is 1. The van der Waals surface area contributed by atoms with E-state index in [-0.39, 0.29) is 35.1 Å². The maximum Gasteiger partial charge on any atom is 0.221 e. The van der Waals surface area contributed by atoms with Crippen molar-refractivity contribution in [3.8, 4) is 5.75 Å². The highest BCUT2D eigenvalue weighted by Crippen LogP contribution is 2.29. The molecular weight excluding hydrogens is 282 g/mol. The fourth-order valence-electron chi connectivity index (χ4n) is 2.91. The lowest BCUT2D eigenvalue weighted by Gasteiger charge is -2.28. The molecule has 1 saturated carbocycles. The van der Waals surface area contributed by atoms with Crippen LogP contribution in [0.5, 0.6) is 5.75 Å². The van der Waals surface area contributed by atoms with Crippen LogP contribution in [0.1, 0.15) is 49.0 Å². The Balaban J connectivity index is 1.79. The topological polar surface area (TPSA) is 105 Å². The van der Waals surface area contributed by atoms with Crippen molar-refractivity contribution in [3.05, 3.63) is 24.0 Å². The van der Waals surface area contributed by atoms with E-state index >= 15 is 0 Å². The van der Waals surface area contributed by atoms with Crippen LogP contribution in [0.25, 0.3) is 0 Å². The molecule has 1 aromatic rings. The Kier molecular flexibility index (Phi) is 5.89. The summed E-state index contributed by atoms with van der Waals surface area (Å²) in [5, 5.41) is 12.6. The molecule has 1 aliphatic rings. The van der Waals surface area contributed by atoms with Gasteiger partial charge in [0.05, 0.1) is 0 Å². The third-order valence-electron chi connectivity index (χ3n) is 4.11. The van der Waals surface area contributed by atoms with Crippen molar-refractivity contribution in [3.63, 3.8) is 0 Å². The summed E-state index contributed by atoms with van der Waals surface area (Å²) in [4.78, 5) is 27.6. The molecule has 0 unspecified atom stereocenters. The lowest BCUT2D eigenvalue weighted by molar-refractivity contribution is -0.121.